The highest BCUT2D eigenvalue weighted by Crippen LogP contribution is 1.96. The van der Waals surface area contributed by atoms with Crippen molar-refractivity contribution in [3.63, 3.8) is 0 Å². The summed E-state index contributed by atoms with van der Waals surface area (Å²) >= 11 is 0. The van der Waals surface area contributed by atoms with Crippen LogP contribution in [0.1, 0.15) is 13.8 Å². The highest BCUT2D eigenvalue weighted by atomic mass is 16.2. The molecule has 0 fully saturated rings. The Hall–Kier alpha value is -0.900. The number of carbonyl (C=O) groups excluding carboxylic acids is 2. The molecule has 0 aromatic carbocycles. The number of hydrogen-bond acceptors (Lipinski definition) is 3. The van der Waals surface area contributed by atoms with Crippen LogP contribution in [0, 0.1) is 5.92 Å². The van der Waals surface area contributed by atoms with E-state index in [1.807, 2.05) is 13.8 Å². The Balaban J connectivity index is 3.73. The first kappa shape index (κ1) is 10.1. The van der Waals surface area contributed by atoms with E-state index in [4.69, 9.17) is 5.73 Å². The van der Waals surface area contributed by atoms with Crippen LogP contribution >= 0.6 is 0 Å². The van der Waals surface area contributed by atoms with Crippen molar-refractivity contribution in [1.29, 1.82) is 0 Å². The topological polar surface area (TPSA) is 72.2 Å². The van der Waals surface area contributed by atoms with Gasteiger partial charge in [-0.3, -0.25) is 9.59 Å². The predicted octanol–water partition coefficient (Wildman–Crippen LogP) is -0.804. The molecule has 0 aliphatic heterocycles. The maximum Gasteiger partial charge on any atom is 0.237 e. The fourth-order valence-electron chi connectivity index (χ4n) is 0.544. The lowest BCUT2D eigenvalue weighted by Crippen LogP contribution is -2.44. The molecule has 4 nitrogen and oxygen atoms in total. The van der Waals surface area contributed by atoms with Gasteiger partial charge >= 0.3 is 0 Å². The average Bonchev–Trinajstić information content (AvgIpc) is 1.98. The molecule has 0 saturated carbocycles. The second kappa shape index (κ2) is 4.85. The number of nitrogens with two attached hydrogens (primary N) is 1. The summed E-state index contributed by atoms with van der Waals surface area (Å²) in [5, 5.41) is 2.33. The highest BCUT2D eigenvalue weighted by Gasteiger charge is 2.15. The van der Waals surface area contributed by atoms with Gasteiger partial charge in [0.25, 0.3) is 0 Å². The molecule has 11 heavy (non-hydrogen) atoms. The van der Waals surface area contributed by atoms with Gasteiger partial charge in [0.15, 0.2) is 0 Å². The van der Waals surface area contributed by atoms with Gasteiger partial charge in [-0.1, -0.05) is 13.8 Å². The van der Waals surface area contributed by atoms with Gasteiger partial charge in [-0.05, 0) is 5.92 Å². The number of nitrogens with one attached hydrogen (secondary N) is 1. The Bertz CT molecular complexity index is 145. The summed E-state index contributed by atoms with van der Waals surface area (Å²) in [5.74, 6) is -0.218. The molecule has 4 heteroatoms. The molecule has 0 heterocycles. The van der Waals surface area contributed by atoms with Crippen LogP contribution in [0.5, 0.6) is 0 Å². The minimum absolute atomic E-state index is 0.0841. The molecule has 0 aliphatic carbocycles. The van der Waals surface area contributed by atoms with Crippen molar-refractivity contribution in [2.45, 2.75) is 19.9 Å². The van der Waals surface area contributed by atoms with Crippen molar-refractivity contribution >= 4 is 12.2 Å². The van der Waals surface area contributed by atoms with Crippen LogP contribution in [0.2, 0.25) is 0 Å². The quantitative estimate of drug-likeness (QED) is 0.561. The van der Waals surface area contributed by atoms with Gasteiger partial charge in [-0.15, -0.1) is 0 Å². The first-order valence-corrected chi connectivity index (χ1v) is 3.48. The summed E-state index contributed by atoms with van der Waals surface area (Å²) in [5.41, 5.74) is 5.46. The first-order chi connectivity index (χ1) is 5.09. The van der Waals surface area contributed by atoms with Crippen LogP contribution in [0.15, 0.2) is 0 Å². The summed E-state index contributed by atoms with van der Waals surface area (Å²) < 4.78 is 0. The largest absolute Gasteiger partial charge is 0.347 e. The standard InChI is InChI=1S/C7H13N2O2/c1-5(2)6(8)7(11)9-3-4-10/h5-6H,3,8H2,1-2H3,(H,9,11). The smallest absolute Gasteiger partial charge is 0.237 e. The third kappa shape index (κ3) is 3.72. The molecule has 63 valence electrons. The van der Waals surface area contributed by atoms with Crippen LogP contribution in [0.4, 0.5) is 0 Å². The lowest BCUT2D eigenvalue weighted by molar-refractivity contribution is -0.122. The van der Waals surface area contributed by atoms with E-state index in [9.17, 15) is 9.59 Å². The SMILES string of the molecule is CC(C)C(N)C(=O)NC[C]=O. The van der Waals surface area contributed by atoms with E-state index in [-0.39, 0.29) is 18.4 Å². The Labute approximate surface area is 66.1 Å². The van der Waals surface area contributed by atoms with E-state index in [0.717, 1.165) is 0 Å². The van der Waals surface area contributed by atoms with E-state index >= 15 is 0 Å². The van der Waals surface area contributed by atoms with Crippen LogP contribution in [-0.4, -0.2) is 24.8 Å². The third-order valence-corrected chi connectivity index (χ3v) is 1.36. The number of hydrogen-bond donors (Lipinski definition) is 2. The number of rotatable bonds is 4. The van der Waals surface area contributed by atoms with E-state index in [0.29, 0.717) is 0 Å². The Morgan fingerprint density at radius 2 is 2.18 bits per heavy atom. The van der Waals surface area contributed by atoms with Crippen molar-refractivity contribution < 1.29 is 9.59 Å². The Morgan fingerprint density at radius 3 is 2.55 bits per heavy atom. The zero-order valence-electron chi connectivity index (χ0n) is 6.76. The molecular weight excluding hydrogens is 144 g/mol. The average molecular weight is 157 g/mol. The van der Waals surface area contributed by atoms with Crippen molar-refractivity contribution in [1.82, 2.24) is 5.32 Å². The Kier molecular flexibility index (Phi) is 4.45. The number of carbonyl (C=O) groups is 1. The molecule has 1 unspecified atom stereocenters. The molecule has 0 bridgehead atoms. The predicted molar refractivity (Wildman–Crippen MR) is 41.5 cm³/mol. The third-order valence-electron chi connectivity index (χ3n) is 1.36. The lowest BCUT2D eigenvalue weighted by Gasteiger charge is -2.13. The van der Waals surface area contributed by atoms with Crippen molar-refractivity contribution in [3.8, 4) is 0 Å². The fourth-order valence-corrected chi connectivity index (χ4v) is 0.544. The number of amides is 1. The highest BCUT2D eigenvalue weighted by molar-refractivity contribution is 5.83. The zero-order chi connectivity index (χ0) is 8.85. The van der Waals surface area contributed by atoms with Crippen molar-refractivity contribution in [2.24, 2.45) is 11.7 Å². The minimum Gasteiger partial charge on any atom is -0.347 e. The molecule has 1 radical (unpaired) electrons. The minimum atomic E-state index is -0.539. The van der Waals surface area contributed by atoms with E-state index in [1.165, 1.54) is 0 Å². The van der Waals surface area contributed by atoms with Crippen LogP contribution in [0.3, 0.4) is 0 Å². The molecule has 1 amide bonds. The zero-order valence-corrected chi connectivity index (χ0v) is 6.76. The van der Waals surface area contributed by atoms with Crippen molar-refractivity contribution in [3.05, 3.63) is 0 Å². The van der Waals surface area contributed by atoms with Gasteiger partial charge in [0.05, 0.1) is 12.6 Å². The van der Waals surface area contributed by atoms with Crippen LogP contribution in [0.25, 0.3) is 0 Å². The van der Waals surface area contributed by atoms with Gasteiger partial charge < -0.3 is 11.1 Å². The second-order valence-electron chi connectivity index (χ2n) is 2.63. The van der Waals surface area contributed by atoms with Gasteiger partial charge in [-0.25, -0.2) is 0 Å². The lowest BCUT2D eigenvalue weighted by atomic mass is 10.1. The maximum absolute atomic E-state index is 10.9. The van der Waals surface area contributed by atoms with E-state index in [2.05, 4.69) is 5.32 Å². The van der Waals surface area contributed by atoms with Crippen LogP contribution in [-0.2, 0) is 9.59 Å². The van der Waals surface area contributed by atoms with Gasteiger partial charge in [0.2, 0.25) is 12.2 Å². The summed E-state index contributed by atoms with van der Waals surface area (Å²) in [6, 6.07) is -0.539. The maximum atomic E-state index is 10.9. The Morgan fingerprint density at radius 1 is 1.64 bits per heavy atom. The van der Waals surface area contributed by atoms with Gasteiger partial charge in [-0.2, -0.15) is 0 Å². The summed E-state index contributed by atoms with van der Waals surface area (Å²) in [6.45, 7) is 3.60. The summed E-state index contributed by atoms with van der Waals surface area (Å²) in [6.07, 6.45) is 1.55. The molecule has 0 rings (SSSR count). The monoisotopic (exact) mass is 157 g/mol. The molecule has 0 spiro atoms. The molecule has 0 aromatic heterocycles. The molecule has 0 aromatic rings. The normalized spacial score (nSPS) is 12.7. The molecular formula is C7H13N2O2. The second-order valence-corrected chi connectivity index (χ2v) is 2.63. The molecule has 1 atom stereocenters. The molecule has 3 N–H and O–H groups in total. The molecule has 0 saturated heterocycles. The van der Waals surface area contributed by atoms with Crippen LogP contribution < -0.4 is 11.1 Å². The fraction of sp³-hybridized carbons (Fsp3) is 0.714. The van der Waals surface area contributed by atoms with Crippen molar-refractivity contribution in [2.75, 3.05) is 6.54 Å². The van der Waals surface area contributed by atoms with E-state index in [1.54, 1.807) is 6.29 Å². The van der Waals surface area contributed by atoms with Gasteiger partial charge in [0.1, 0.15) is 0 Å². The first-order valence-electron chi connectivity index (χ1n) is 3.48. The molecule has 0 aliphatic rings. The van der Waals surface area contributed by atoms with Gasteiger partial charge in [0, 0.05) is 0 Å². The summed E-state index contributed by atoms with van der Waals surface area (Å²) in [7, 11) is 0. The summed E-state index contributed by atoms with van der Waals surface area (Å²) in [4.78, 5) is 20.6. The van der Waals surface area contributed by atoms with E-state index < -0.39 is 6.04 Å².